The van der Waals surface area contributed by atoms with E-state index in [9.17, 15) is 9.90 Å². The Hall–Kier alpha value is -1.95. The predicted molar refractivity (Wildman–Crippen MR) is 100 cm³/mol. The van der Waals surface area contributed by atoms with Gasteiger partial charge in [-0.15, -0.1) is 0 Å². The third-order valence-electron chi connectivity index (χ3n) is 4.49. The van der Waals surface area contributed by atoms with E-state index in [0.29, 0.717) is 39.2 Å². The number of amides is 1. The fraction of sp³-hybridized carbons (Fsp3) is 0.316. The summed E-state index contributed by atoms with van der Waals surface area (Å²) in [4.78, 5) is 14.4. The molecule has 0 saturated carbocycles. The fourth-order valence-corrected chi connectivity index (χ4v) is 3.60. The van der Waals surface area contributed by atoms with Gasteiger partial charge in [0.25, 0.3) is 0 Å². The van der Waals surface area contributed by atoms with Crippen molar-refractivity contribution in [3.63, 3.8) is 0 Å². The second-order valence-corrected chi connectivity index (χ2v) is 6.91. The number of methoxy groups -OCH3 is 2. The number of benzene rings is 2. The summed E-state index contributed by atoms with van der Waals surface area (Å²) in [6.45, 7) is 0.497. The first kappa shape index (κ1) is 18.8. The molecule has 1 heterocycles. The lowest BCUT2D eigenvalue weighted by molar-refractivity contribution is -0.133. The quantitative estimate of drug-likeness (QED) is 0.858. The molecule has 26 heavy (non-hydrogen) atoms. The number of β-amino-alcohol motifs (C(OH)–C–C–N with tert-alkyl or cyclic N) is 1. The van der Waals surface area contributed by atoms with E-state index in [0.717, 1.165) is 5.56 Å². The monoisotopic (exact) mass is 395 g/mol. The van der Waals surface area contributed by atoms with Crippen molar-refractivity contribution in [2.24, 2.45) is 0 Å². The molecule has 0 aromatic heterocycles. The number of nitrogens with zero attached hydrogens (tertiary/aromatic N) is 1. The van der Waals surface area contributed by atoms with Gasteiger partial charge in [-0.2, -0.15) is 0 Å². The number of hydrogen-bond donors (Lipinski definition) is 1. The molecule has 1 amide bonds. The van der Waals surface area contributed by atoms with Crippen LogP contribution < -0.4 is 9.47 Å². The van der Waals surface area contributed by atoms with Crippen LogP contribution in [0.15, 0.2) is 30.3 Å². The molecule has 5 nitrogen and oxygen atoms in total. The molecule has 7 heteroatoms. The van der Waals surface area contributed by atoms with Gasteiger partial charge in [-0.05, 0) is 35.9 Å². The molecule has 0 aliphatic carbocycles. The van der Waals surface area contributed by atoms with E-state index in [-0.39, 0.29) is 18.9 Å². The summed E-state index contributed by atoms with van der Waals surface area (Å²) in [5.41, 5.74) is 2.06. The Kier molecular flexibility index (Phi) is 5.61. The van der Waals surface area contributed by atoms with Crippen LogP contribution in [0.1, 0.15) is 22.8 Å². The molecule has 1 aliphatic rings. The maximum Gasteiger partial charge on any atom is 0.227 e. The van der Waals surface area contributed by atoms with Crippen LogP contribution >= 0.6 is 23.2 Å². The second-order valence-electron chi connectivity index (χ2n) is 6.06. The largest absolute Gasteiger partial charge is 0.496 e. The third-order valence-corrected chi connectivity index (χ3v) is 5.10. The minimum atomic E-state index is -0.859. The highest BCUT2D eigenvalue weighted by molar-refractivity contribution is 6.33. The number of fused-ring (bicyclic) bond motifs is 1. The van der Waals surface area contributed by atoms with Crippen molar-refractivity contribution >= 4 is 29.1 Å². The van der Waals surface area contributed by atoms with E-state index in [4.69, 9.17) is 32.7 Å². The van der Waals surface area contributed by atoms with Gasteiger partial charge in [-0.1, -0.05) is 23.2 Å². The highest BCUT2D eigenvalue weighted by Crippen LogP contribution is 2.39. The molecular weight excluding hydrogens is 377 g/mol. The van der Waals surface area contributed by atoms with Crippen molar-refractivity contribution in [3.8, 4) is 11.5 Å². The van der Waals surface area contributed by atoms with Crippen LogP contribution in [-0.4, -0.2) is 36.7 Å². The average molecular weight is 396 g/mol. The molecule has 1 unspecified atom stereocenters. The lowest BCUT2D eigenvalue weighted by Gasteiger charge is -2.34. The number of hydrogen-bond acceptors (Lipinski definition) is 4. The van der Waals surface area contributed by atoms with E-state index in [1.165, 1.54) is 0 Å². The van der Waals surface area contributed by atoms with Gasteiger partial charge >= 0.3 is 0 Å². The number of ether oxygens (including phenoxy) is 2. The first-order valence-corrected chi connectivity index (χ1v) is 8.83. The van der Waals surface area contributed by atoms with Gasteiger partial charge in [0, 0.05) is 27.7 Å². The molecule has 1 atom stereocenters. The summed E-state index contributed by atoms with van der Waals surface area (Å²) in [7, 11) is 3.11. The Bertz CT molecular complexity index is 841. The average Bonchev–Trinajstić information content (AvgIpc) is 2.63. The molecule has 2 aromatic rings. The van der Waals surface area contributed by atoms with Gasteiger partial charge < -0.3 is 19.5 Å². The summed E-state index contributed by atoms with van der Waals surface area (Å²) in [5, 5.41) is 11.6. The summed E-state index contributed by atoms with van der Waals surface area (Å²) in [6.07, 6.45) is -0.754. The predicted octanol–water partition coefficient (Wildman–Crippen LogP) is 3.63. The summed E-state index contributed by atoms with van der Waals surface area (Å²) >= 11 is 12.2. The number of halogens is 2. The first-order valence-electron chi connectivity index (χ1n) is 8.08. The maximum atomic E-state index is 12.8. The number of carbonyl (C=O) groups is 1. The molecular formula is C19H19Cl2NO4. The van der Waals surface area contributed by atoms with E-state index < -0.39 is 6.10 Å². The standard InChI is InChI=1S/C19H19Cl2NO4/c1-25-16-5-6-17(26-2)19-13(16)9-22(10-15(19)23)18(24)8-11-7-12(20)3-4-14(11)21/h3-7,15,23H,8-10H2,1-2H3. The number of aliphatic hydroxyl groups excluding tert-OH is 1. The molecule has 138 valence electrons. The highest BCUT2D eigenvalue weighted by Gasteiger charge is 2.32. The molecule has 0 saturated heterocycles. The summed E-state index contributed by atoms with van der Waals surface area (Å²) in [5.74, 6) is 1.04. The van der Waals surface area contributed by atoms with E-state index in [1.54, 1.807) is 49.5 Å². The Balaban J connectivity index is 1.88. The second kappa shape index (κ2) is 7.74. The van der Waals surface area contributed by atoms with Gasteiger partial charge in [0.05, 0.1) is 27.2 Å². The first-order chi connectivity index (χ1) is 12.4. The van der Waals surface area contributed by atoms with Crippen LogP contribution in [0, 0.1) is 0 Å². The molecule has 0 radical (unpaired) electrons. The van der Waals surface area contributed by atoms with Crippen molar-refractivity contribution in [3.05, 3.63) is 57.1 Å². The zero-order valence-electron chi connectivity index (χ0n) is 14.5. The molecule has 1 N–H and O–H groups in total. The zero-order valence-corrected chi connectivity index (χ0v) is 16.0. The van der Waals surface area contributed by atoms with Crippen LogP contribution in [0.5, 0.6) is 11.5 Å². The maximum absolute atomic E-state index is 12.8. The highest BCUT2D eigenvalue weighted by atomic mass is 35.5. The van der Waals surface area contributed by atoms with E-state index >= 15 is 0 Å². The summed E-state index contributed by atoms with van der Waals surface area (Å²) in [6, 6.07) is 8.55. The lowest BCUT2D eigenvalue weighted by atomic mass is 9.94. The van der Waals surface area contributed by atoms with Crippen molar-refractivity contribution in [2.75, 3.05) is 20.8 Å². The zero-order chi connectivity index (χ0) is 18.8. The Morgan fingerprint density at radius 1 is 1.19 bits per heavy atom. The normalized spacial score (nSPS) is 16.2. The Morgan fingerprint density at radius 3 is 2.58 bits per heavy atom. The minimum absolute atomic E-state index is 0.105. The van der Waals surface area contributed by atoms with E-state index in [2.05, 4.69) is 0 Å². The third kappa shape index (κ3) is 3.61. The lowest BCUT2D eigenvalue weighted by Crippen LogP contribution is -2.39. The van der Waals surface area contributed by atoms with Crippen LogP contribution in [0.3, 0.4) is 0 Å². The van der Waals surface area contributed by atoms with Crippen LogP contribution in [0.4, 0.5) is 0 Å². The van der Waals surface area contributed by atoms with Gasteiger partial charge in [-0.3, -0.25) is 4.79 Å². The minimum Gasteiger partial charge on any atom is -0.496 e. The molecule has 1 aliphatic heterocycles. The Morgan fingerprint density at radius 2 is 1.88 bits per heavy atom. The fourth-order valence-electron chi connectivity index (χ4n) is 3.22. The number of carbonyl (C=O) groups excluding carboxylic acids is 1. The smallest absolute Gasteiger partial charge is 0.227 e. The van der Waals surface area contributed by atoms with Gasteiger partial charge in [0.1, 0.15) is 17.6 Å². The molecule has 2 aromatic carbocycles. The van der Waals surface area contributed by atoms with Crippen molar-refractivity contribution in [2.45, 2.75) is 19.1 Å². The number of rotatable bonds is 4. The van der Waals surface area contributed by atoms with Gasteiger partial charge in [0.2, 0.25) is 5.91 Å². The topological polar surface area (TPSA) is 59.0 Å². The van der Waals surface area contributed by atoms with Crippen LogP contribution in [0.2, 0.25) is 10.0 Å². The van der Waals surface area contributed by atoms with E-state index in [1.807, 2.05) is 0 Å². The molecule has 0 fully saturated rings. The van der Waals surface area contributed by atoms with Gasteiger partial charge in [0.15, 0.2) is 0 Å². The van der Waals surface area contributed by atoms with Gasteiger partial charge in [-0.25, -0.2) is 0 Å². The summed E-state index contributed by atoms with van der Waals surface area (Å²) < 4.78 is 10.8. The van der Waals surface area contributed by atoms with Crippen molar-refractivity contribution < 1.29 is 19.4 Å². The molecule has 3 rings (SSSR count). The molecule has 0 bridgehead atoms. The number of aliphatic hydroxyl groups is 1. The van der Waals surface area contributed by atoms with Crippen molar-refractivity contribution in [1.29, 1.82) is 0 Å². The van der Waals surface area contributed by atoms with Crippen LogP contribution in [0.25, 0.3) is 0 Å². The Labute approximate surface area is 162 Å². The van der Waals surface area contributed by atoms with Crippen molar-refractivity contribution in [1.82, 2.24) is 4.90 Å². The van der Waals surface area contributed by atoms with Crippen LogP contribution in [-0.2, 0) is 17.8 Å². The SMILES string of the molecule is COc1ccc(OC)c2c1CN(C(=O)Cc1cc(Cl)ccc1Cl)CC2O. The molecule has 0 spiro atoms.